The maximum Gasteiger partial charge on any atom is 0.241 e. The van der Waals surface area contributed by atoms with Crippen LogP contribution in [0.25, 0.3) is 0 Å². The molecular formula is C21H28N4O. The molecule has 0 unspecified atom stereocenters. The van der Waals surface area contributed by atoms with Crippen molar-refractivity contribution in [3.8, 4) is 0 Å². The number of fused-ring (bicyclic) bond motifs is 1. The fourth-order valence-corrected chi connectivity index (χ4v) is 4.36. The lowest BCUT2D eigenvalue weighted by Gasteiger charge is -2.33. The van der Waals surface area contributed by atoms with Crippen LogP contribution in [0.2, 0.25) is 0 Å². The van der Waals surface area contributed by atoms with Crippen LogP contribution in [0.5, 0.6) is 0 Å². The highest BCUT2D eigenvalue weighted by Gasteiger charge is 2.29. The highest BCUT2D eigenvalue weighted by molar-refractivity contribution is 5.96. The normalized spacial score (nSPS) is 20.6. The van der Waals surface area contributed by atoms with Gasteiger partial charge in [0.2, 0.25) is 5.91 Å². The van der Waals surface area contributed by atoms with Gasteiger partial charge in [0.05, 0.1) is 6.54 Å². The zero-order chi connectivity index (χ0) is 18.1. The fraction of sp³-hybridized carbons (Fsp3) is 0.524. The van der Waals surface area contributed by atoms with Crippen molar-refractivity contribution >= 4 is 11.6 Å². The van der Waals surface area contributed by atoms with Gasteiger partial charge in [0.1, 0.15) is 5.82 Å². The number of rotatable bonds is 4. The van der Waals surface area contributed by atoms with Crippen molar-refractivity contribution in [3.05, 3.63) is 48.0 Å². The van der Waals surface area contributed by atoms with E-state index in [-0.39, 0.29) is 5.91 Å². The van der Waals surface area contributed by atoms with E-state index in [1.54, 1.807) is 0 Å². The Morgan fingerprint density at radius 3 is 2.96 bits per heavy atom. The van der Waals surface area contributed by atoms with Gasteiger partial charge in [-0.1, -0.05) is 18.2 Å². The number of amides is 1. The van der Waals surface area contributed by atoms with E-state index in [0.29, 0.717) is 18.5 Å². The minimum atomic E-state index is 0.225. The highest BCUT2D eigenvalue weighted by Crippen LogP contribution is 2.29. The van der Waals surface area contributed by atoms with Gasteiger partial charge >= 0.3 is 0 Å². The van der Waals surface area contributed by atoms with Gasteiger partial charge in [0.25, 0.3) is 0 Å². The molecule has 1 aromatic heterocycles. The predicted octanol–water partition coefficient (Wildman–Crippen LogP) is 3.23. The van der Waals surface area contributed by atoms with E-state index >= 15 is 0 Å². The largest absolute Gasteiger partial charge is 0.332 e. The monoisotopic (exact) mass is 352 g/mol. The first-order valence-electron chi connectivity index (χ1n) is 9.77. The molecule has 1 amide bonds. The summed E-state index contributed by atoms with van der Waals surface area (Å²) in [5.74, 6) is 1.81. The molecule has 1 fully saturated rings. The average molecular weight is 352 g/mol. The van der Waals surface area contributed by atoms with Crippen LogP contribution >= 0.6 is 0 Å². The Morgan fingerprint density at radius 2 is 2.12 bits per heavy atom. The summed E-state index contributed by atoms with van der Waals surface area (Å²) in [6, 6.07) is 8.70. The minimum Gasteiger partial charge on any atom is -0.332 e. The SMILES string of the molecule is CC(C)n1ccnc1[C@H]1CCCN(CC(=O)N2CCc3ccccc32)C1. The first-order valence-corrected chi connectivity index (χ1v) is 9.77. The molecule has 1 saturated heterocycles. The molecule has 138 valence electrons. The molecule has 2 aliphatic heterocycles. The third-order valence-corrected chi connectivity index (χ3v) is 5.67. The van der Waals surface area contributed by atoms with Crippen molar-refractivity contribution in [2.75, 3.05) is 31.1 Å². The Kier molecular flexibility index (Phi) is 4.81. The van der Waals surface area contributed by atoms with E-state index in [1.165, 1.54) is 11.4 Å². The Morgan fingerprint density at radius 1 is 1.27 bits per heavy atom. The summed E-state index contributed by atoms with van der Waals surface area (Å²) in [4.78, 5) is 21.8. The van der Waals surface area contributed by atoms with Gasteiger partial charge in [0.15, 0.2) is 0 Å². The minimum absolute atomic E-state index is 0.225. The zero-order valence-electron chi connectivity index (χ0n) is 15.8. The zero-order valence-corrected chi connectivity index (χ0v) is 15.8. The first-order chi connectivity index (χ1) is 12.6. The molecule has 2 aliphatic rings. The number of benzene rings is 1. The van der Waals surface area contributed by atoms with Gasteiger partial charge in [-0.25, -0.2) is 4.98 Å². The van der Waals surface area contributed by atoms with Gasteiger partial charge in [-0.05, 0) is 51.3 Å². The number of para-hydroxylation sites is 1. The summed E-state index contributed by atoms with van der Waals surface area (Å²) < 4.78 is 2.27. The Labute approximate surface area is 155 Å². The molecule has 1 aromatic carbocycles. The van der Waals surface area contributed by atoms with Gasteiger partial charge in [-0.3, -0.25) is 9.69 Å². The number of hydrogen-bond donors (Lipinski definition) is 0. The van der Waals surface area contributed by atoms with Crippen molar-refractivity contribution in [1.29, 1.82) is 0 Å². The van der Waals surface area contributed by atoms with E-state index in [2.05, 4.69) is 52.7 Å². The van der Waals surface area contributed by atoms with Crippen molar-refractivity contribution in [1.82, 2.24) is 14.5 Å². The number of anilines is 1. The van der Waals surface area contributed by atoms with Crippen molar-refractivity contribution in [3.63, 3.8) is 0 Å². The molecule has 0 aliphatic carbocycles. The summed E-state index contributed by atoms with van der Waals surface area (Å²) in [5, 5.41) is 0. The summed E-state index contributed by atoms with van der Waals surface area (Å²) in [5.41, 5.74) is 2.39. The van der Waals surface area contributed by atoms with Crippen LogP contribution in [0, 0.1) is 0 Å². The van der Waals surface area contributed by atoms with Crippen LogP contribution in [-0.2, 0) is 11.2 Å². The molecule has 0 bridgehead atoms. The summed E-state index contributed by atoms with van der Waals surface area (Å²) in [7, 11) is 0. The second kappa shape index (κ2) is 7.23. The topological polar surface area (TPSA) is 41.4 Å². The molecule has 1 atom stereocenters. The number of carbonyl (C=O) groups is 1. The van der Waals surface area contributed by atoms with E-state index in [4.69, 9.17) is 0 Å². The van der Waals surface area contributed by atoms with E-state index < -0.39 is 0 Å². The molecule has 0 N–H and O–H groups in total. The van der Waals surface area contributed by atoms with Gasteiger partial charge in [-0.2, -0.15) is 0 Å². The molecule has 3 heterocycles. The molecule has 0 spiro atoms. The van der Waals surface area contributed by atoms with Gasteiger partial charge in [0, 0.05) is 43.1 Å². The molecule has 5 heteroatoms. The first kappa shape index (κ1) is 17.3. The number of nitrogens with zero attached hydrogens (tertiary/aromatic N) is 4. The number of imidazole rings is 1. The second-order valence-corrected chi connectivity index (χ2v) is 7.78. The van der Waals surface area contributed by atoms with E-state index in [1.807, 2.05) is 17.2 Å². The summed E-state index contributed by atoms with van der Waals surface area (Å²) in [6.07, 6.45) is 7.22. The smallest absolute Gasteiger partial charge is 0.241 e. The molecule has 26 heavy (non-hydrogen) atoms. The van der Waals surface area contributed by atoms with Crippen LogP contribution in [-0.4, -0.2) is 46.5 Å². The van der Waals surface area contributed by atoms with Crippen LogP contribution in [0.3, 0.4) is 0 Å². The van der Waals surface area contributed by atoms with Crippen LogP contribution < -0.4 is 4.90 Å². The molecular weight excluding hydrogens is 324 g/mol. The fourth-order valence-electron chi connectivity index (χ4n) is 4.36. The Balaban J connectivity index is 1.43. The second-order valence-electron chi connectivity index (χ2n) is 7.78. The van der Waals surface area contributed by atoms with Crippen molar-refractivity contribution < 1.29 is 4.79 Å². The molecule has 2 aromatic rings. The Bertz CT molecular complexity index is 782. The van der Waals surface area contributed by atoms with E-state index in [0.717, 1.165) is 44.6 Å². The number of aromatic nitrogens is 2. The maximum atomic E-state index is 12.9. The summed E-state index contributed by atoms with van der Waals surface area (Å²) >= 11 is 0. The van der Waals surface area contributed by atoms with Gasteiger partial charge < -0.3 is 9.47 Å². The third-order valence-electron chi connectivity index (χ3n) is 5.67. The lowest BCUT2D eigenvalue weighted by Crippen LogP contribution is -2.43. The molecule has 4 rings (SSSR count). The van der Waals surface area contributed by atoms with Crippen LogP contribution in [0.15, 0.2) is 36.7 Å². The lowest BCUT2D eigenvalue weighted by atomic mass is 9.97. The molecule has 0 radical (unpaired) electrons. The third kappa shape index (κ3) is 3.28. The highest BCUT2D eigenvalue weighted by atomic mass is 16.2. The maximum absolute atomic E-state index is 12.9. The summed E-state index contributed by atoms with van der Waals surface area (Å²) in [6.45, 7) is 7.63. The van der Waals surface area contributed by atoms with Gasteiger partial charge in [-0.15, -0.1) is 0 Å². The van der Waals surface area contributed by atoms with E-state index in [9.17, 15) is 4.79 Å². The average Bonchev–Trinajstić information content (AvgIpc) is 3.29. The lowest BCUT2D eigenvalue weighted by molar-refractivity contribution is -0.119. The number of piperidine rings is 1. The number of hydrogen-bond acceptors (Lipinski definition) is 3. The molecule has 5 nitrogen and oxygen atoms in total. The quantitative estimate of drug-likeness (QED) is 0.848. The van der Waals surface area contributed by atoms with Crippen molar-refractivity contribution in [2.45, 2.75) is 45.1 Å². The predicted molar refractivity (Wildman–Crippen MR) is 104 cm³/mol. The standard InChI is InChI=1S/C21H28N4O/c1-16(2)24-13-10-22-21(24)18-7-5-11-23(14-18)15-20(26)25-12-9-17-6-3-4-8-19(17)25/h3-4,6,8,10,13,16,18H,5,7,9,11-12,14-15H2,1-2H3/t18-/m0/s1. The molecule has 0 saturated carbocycles. The number of likely N-dealkylation sites (tertiary alicyclic amines) is 1. The van der Waals surface area contributed by atoms with Crippen molar-refractivity contribution in [2.24, 2.45) is 0 Å². The van der Waals surface area contributed by atoms with Crippen LogP contribution in [0.4, 0.5) is 5.69 Å². The van der Waals surface area contributed by atoms with Crippen LogP contribution in [0.1, 0.15) is 50.0 Å². The number of carbonyl (C=O) groups excluding carboxylic acids is 1. The Hall–Kier alpha value is -2.14.